The second-order valence-electron chi connectivity index (χ2n) is 7.82. The number of aromatic nitrogens is 3. The lowest BCUT2D eigenvalue weighted by molar-refractivity contribution is -0.115. The number of rotatable bonds is 9. The van der Waals surface area contributed by atoms with E-state index in [1.165, 1.54) is 38.0 Å². The molecule has 1 heterocycles. The molecule has 176 valence electrons. The molecule has 2 aromatic carbocycles. The van der Waals surface area contributed by atoms with Crippen LogP contribution in [0.4, 0.5) is 5.69 Å². The van der Waals surface area contributed by atoms with Gasteiger partial charge in [-0.05, 0) is 44.0 Å². The minimum Gasteiger partial charge on any atom is -0.325 e. The summed E-state index contributed by atoms with van der Waals surface area (Å²) in [5.41, 5.74) is 2.39. The summed E-state index contributed by atoms with van der Waals surface area (Å²) >= 11 is 1.32. The number of nitrogens with zero attached hydrogens (tertiary/aromatic N) is 4. The SMILES string of the molecule is CCn1c(Cc2ccccc2)nnc1SC(C)C(=O)Nc1cc(S(=O)(=O)N(C)C)ccc1C. The Morgan fingerprint density at radius 3 is 2.48 bits per heavy atom. The number of amides is 1. The maximum atomic E-state index is 12.9. The number of carbonyl (C=O) groups is 1. The standard InChI is InChI=1S/C23H29N5O3S2/c1-6-28-21(14-18-10-8-7-9-11-18)25-26-23(28)32-17(3)22(29)24-20-15-19(13-12-16(20)2)33(30,31)27(4)5/h7-13,15,17H,6,14H2,1-5H3,(H,24,29). The predicted molar refractivity (Wildman–Crippen MR) is 131 cm³/mol. The van der Waals surface area contributed by atoms with Gasteiger partial charge in [0.05, 0.1) is 10.1 Å². The van der Waals surface area contributed by atoms with Gasteiger partial charge >= 0.3 is 0 Å². The number of carbonyl (C=O) groups excluding carboxylic acids is 1. The van der Waals surface area contributed by atoms with Crippen molar-refractivity contribution in [3.63, 3.8) is 0 Å². The fraction of sp³-hybridized carbons (Fsp3) is 0.348. The van der Waals surface area contributed by atoms with Gasteiger partial charge in [-0.25, -0.2) is 12.7 Å². The molecule has 1 amide bonds. The molecular formula is C23H29N5O3S2. The van der Waals surface area contributed by atoms with Crippen molar-refractivity contribution in [3.8, 4) is 0 Å². The molecule has 0 spiro atoms. The van der Waals surface area contributed by atoms with Crippen LogP contribution in [0.3, 0.4) is 0 Å². The van der Waals surface area contributed by atoms with Crippen molar-refractivity contribution in [2.75, 3.05) is 19.4 Å². The summed E-state index contributed by atoms with van der Waals surface area (Å²) in [6.45, 7) is 6.33. The first-order chi connectivity index (χ1) is 15.6. The van der Waals surface area contributed by atoms with Gasteiger partial charge in [-0.2, -0.15) is 0 Å². The Hall–Kier alpha value is -2.69. The lowest BCUT2D eigenvalue weighted by Gasteiger charge is -2.16. The normalized spacial score (nSPS) is 12.7. The zero-order chi connectivity index (χ0) is 24.2. The number of sulfonamides is 1. The van der Waals surface area contributed by atoms with Gasteiger partial charge < -0.3 is 9.88 Å². The summed E-state index contributed by atoms with van der Waals surface area (Å²) in [7, 11) is -0.649. The summed E-state index contributed by atoms with van der Waals surface area (Å²) in [4.78, 5) is 13.0. The minimum absolute atomic E-state index is 0.130. The molecule has 3 aromatic rings. The van der Waals surface area contributed by atoms with Gasteiger partial charge in [0.25, 0.3) is 0 Å². The summed E-state index contributed by atoms with van der Waals surface area (Å²) in [6, 6.07) is 14.8. The van der Waals surface area contributed by atoms with Crippen LogP contribution in [0.2, 0.25) is 0 Å². The van der Waals surface area contributed by atoms with Crippen LogP contribution >= 0.6 is 11.8 Å². The summed E-state index contributed by atoms with van der Waals surface area (Å²) in [5.74, 6) is 0.606. The number of thioether (sulfide) groups is 1. The smallest absolute Gasteiger partial charge is 0.242 e. The topological polar surface area (TPSA) is 97.2 Å². The van der Waals surface area contributed by atoms with E-state index in [0.29, 0.717) is 23.8 Å². The molecule has 0 radical (unpaired) electrons. The third kappa shape index (κ3) is 5.82. The van der Waals surface area contributed by atoms with Crippen molar-refractivity contribution < 1.29 is 13.2 Å². The number of nitrogens with one attached hydrogen (secondary N) is 1. The Morgan fingerprint density at radius 1 is 1.15 bits per heavy atom. The van der Waals surface area contributed by atoms with Crippen molar-refractivity contribution in [3.05, 3.63) is 65.5 Å². The Morgan fingerprint density at radius 2 is 1.85 bits per heavy atom. The second-order valence-corrected chi connectivity index (χ2v) is 11.3. The molecule has 8 nitrogen and oxygen atoms in total. The first kappa shape index (κ1) is 24.9. The van der Waals surface area contributed by atoms with E-state index >= 15 is 0 Å². The largest absolute Gasteiger partial charge is 0.325 e. The van der Waals surface area contributed by atoms with Crippen molar-refractivity contribution >= 4 is 33.4 Å². The van der Waals surface area contributed by atoms with Crippen LogP contribution in [-0.4, -0.2) is 52.7 Å². The third-order valence-electron chi connectivity index (χ3n) is 5.21. The highest BCUT2D eigenvalue weighted by atomic mass is 32.2. The third-order valence-corrected chi connectivity index (χ3v) is 8.10. The highest BCUT2D eigenvalue weighted by Crippen LogP contribution is 2.26. The Balaban J connectivity index is 1.74. The van der Waals surface area contributed by atoms with E-state index in [9.17, 15) is 13.2 Å². The molecule has 0 aliphatic heterocycles. The Labute approximate surface area is 199 Å². The lowest BCUT2D eigenvalue weighted by atomic mass is 10.1. The Kier molecular flexibility index (Phi) is 7.93. The Bertz CT molecular complexity index is 1220. The van der Waals surface area contributed by atoms with E-state index in [-0.39, 0.29) is 10.8 Å². The van der Waals surface area contributed by atoms with E-state index in [1.54, 1.807) is 13.0 Å². The molecule has 1 aromatic heterocycles. The molecule has 3 rings (SSSR count). The fourth-order valence-corrected chi connectivity index (χ4v) is 5.05. The first-order valence-electron chi connectivity index (χ1n) is 10.6. The minimum atomic E-state index is -3.60. The lowest BCUT2D eigenvalue weighted by Crippen LogP contribution is -2.25. The van der Waals surface area contributed by atoms with Crippen LogP contribution in [-0.2, 0) is 27.8 Å². The molecule has 10 heteroatoms. The monoisotopic (exact) mass is 487 g/mol. The molecule has 0 saturated heterocycles. The summed E-state index contributed by atoms with van der Waals surface area (Å²) < 4.78 is 28.1. The number of aryl methyl sites for hydroxylation is 1. The van der Waals surface area contributed by atoms with Crippen LogP contribution in [0.5, 0.6) is 0 Å². The van der Waals surface area contributed by atoms with E-state index in [1.807, 2.05) is 48.7 Å². The van der Waals surface area contributed by atoms with Gasteiger partial charge in [-0.1, -0.05) is 48.2 Å². The average molecular weight is 488 g/mol. The van der Waals surface area contributed by atoms with Gasteiger partial charge in [-0.3, -0.25) is 4.79 Å². The number of benzene rings is 2. The van der Waals surface area contributed by atoms with Crippen molar-refractivity contribution in [1.82, 2.24) is 19.1 Å². The van der Waals surface area contributed by atoms with Crippen LogP contribution in [0.25, 0.3) is 0 Å². The number of hydrogen-bond donors (Lipinski definition) is 1. The van der Waals surface area contributed by atoms with Crippen molar-refractivity contribution in [2.45, 2.75) is 49.0 Å². The van der Waals surface area contributed by atoms with E-state index in [2.05, 4.69) is 15.5 Å². The zero-order valence-corrected chi connectivity index (χ0v) is 21.1. The maximum absolute atomic E-state index is 12.9. The van der Waals surface area contributed by atoms with Gasteiger partial charge in [0, 0.05) is 32.7 Å². The van der Waals surface area contributed by atoms with E-state index in [0.717, 1.165) is 21.3 Å². The maximum Gasteiger partial charge on any atom is 0.242 e. The molecule has 0 bridgehead atoms. The van der Waals surface area contributed by atoms with Crippen LogP contribution in [0.15, 0.2) is 58.6 Å². The molecule has 0 fully saturated rings. The quantitative estimate of drug-likeness (QED) is 0.464. The molecule has 1 N–H and O–H groups in total. The average Bonchev–Trinajstić information content (AvgIpc) is 3.16. The molecule has 1 atom stereocenters. The molecule has 33 heavy (non-hydrogen) atoms. The van der Waals surface area contributed by atoms with Crippen LogP contribution in [0.1, 0.15) is 30.8 Å². The summed E-state index contributed by atoms with van der Waals surface area (Å²) in [6.07, 6.45) is 0.662. The molecular weight excluding hydrogens is 458 g/mol. The molecule has 0 aliphatic rings. The van der Waals surface area contributed by atoms with E-state index in [4.69, 9.17) is 0 Å². The van der Waals surface area contributed by atoms with E-state index < -0.39 is 15.3 Å². The van der Waals surface area contributed by atoms with Crippen molar-refractivity contribution in [1.29, 1.82) is 0 Å². The molecule has 0 aliphatic carbocycles. The molecule has 0 saturated carbocycles. The first-order valence-corrected chi connectivity index (χ1v) is 12.9. The second kappa shape index (κ2) is 10.5. The molecule has 1 unspecified atom stereocenters. The highest BCUT2D eigenvalue weighted by Gasteiger charge is 2.22. The van der Waals surface area contributed by atoms with Gasteiger partial charge in [0.2, 0.25) is 15.9 Å². The zero-order valence-electron chi connectivity index (χ0n) is 19.4. The number of hydrogen-bond acceptors (Lipinski definition) is 6. The van der Waals surface area contributed by atoms with Gasteiger partial charge in [0.1, 0.15) is 5.82 Å². The van der Waals surface area contributed by atoms with Crippen LogP contribution < -0.4 is 5.32 Å². The van der Waals surface area contributed by atoms with Crippen LogP contribution in [0, 0.1) is 6.92 Å². The fourth-order valence-electron chi connectivity index (χ4n) is 3.19. The number of anilines is 1. The predicted octanol–water partition coefficient (Wildman–Crippen LogP) is 3.57. The summed E-state index contributed by atoms with van der Waals surface area (Å²) in [5, 5.41) is 11.7. The van der Waals surface area contributed by atoms with Gasteiger partial charge in [0.15, 0.2) is 5.16 Å². The highest BCUT2D eigenvalue weighted by molar-refractivity contribution is 8.00. The van der Waals surface area contributed by atoms with Gasteiger partial charge in [-0.15, -0.1) is 10.2 Å². The van der Waals surface area contributed by atoms with Crippen molar-refractivity contribution in [2.24, 2.45) is 0 Å².